The lowest BCUT2D eigenvalue weighted by Gasteiger charge is -2.12. The highest BCUT2D eigenvalue weighted by Gasteiger charge is 2.41. The molecule has 1 atom stereocenters. The van der Waals surface area contributed by atoms with Gasteiger partial charge in [0.05, 0.1) is 13.2 Å². The van der Waals surface area contributed by atoms with Crippen molar-refractivity contribution in [2.24, 2.45) is 0 Å². The topological polar surface area (TPSA) is 35.5 Å². The van der Waals surface area contributed by atoms with E-state index in [4.69, 9.17) is 9.05 Å². The fourth-order valence-corrected chi connectivity index (χ4v) is 6.24. The van der Waals surface area contributed by atoms with Crippen molar-refractivity contribution in [2.45, 2.75) is 19.6 Å². The molecule has 0 aliphatic carbocycles. The molecule has 0 N–H and O–H groups in total. The first-order chi connectivity index (χ1) is 8.69. The van der Waals surface area contributed by atoms with Crippen LogP contribution in [0.3, 0.4) is 0 Å². The average molecular weight is 305 g/mol. The molecule has 1 aromatic carbocycles. The van der Waals surface area contributed by atoms with Gasteiger partial charge in [0, 0.05) is 5.56 Å². The minimum absolute atomic E-state index is 0.146. The van der Waals surface area contributed by atoms with Crippen molar-refractivity contribution < 1.29 is 13.8 Å². The minimum Gasteiger partial charge on any atom is -0.293 e. The van der Waals surface area contributed by atoms with Crippen LogP contribution in [0.2, 0.25) is 0 Å². The van der Waals surface area contributed by atoms with E-state index in [1.807, 2.05) is 44.2 Å². The molecule has 1 unspecified atom stereocenters. The fourth-order valence-electron chi connectivity index (χ4n) is 1.29. The number of thiol groups is 1. The Hall–Kier alpha value is -0.0600. The molecule has 0 saturated carbocycles. The molecule has 0 aliphatic rings. The molecule has 0 bridgehead atoms. The zero-order chi connectivity index (χ0) is 13.4. The SMILES string of the molecule is CCOP(OCC)[S+](Cc1ccccc1)C(=O)S. The predicted octanol–water partition coefficient (Wildman–Crippen LogP) is 4.15. The molecule has 6 heteroatoms. The molecular formula is C12H18O3PS2+. The van der Waals surface area contributed by atoms with Gasteiger partial charge in [-0.1, -0.05) is 30.3 Å². The Kier molecular flexibility index (Phi) is 7.95. The molecule has 3 nitrogen and oxygen atoms in total. The largest absolute Gasteiger partial charge is 0.437 e. The average Bonchev–Trinajstić information content (AvgIpc) is 2.37. The number of carbonyl (C=O) groups is 1. The van der Waals surface area contributed by atoms with Gasteiger partial charge in [0.1, 0.15) is 5.75 Å². The monoisotopic (exact) mass is 305 g/mol. The Bertz CT molecular complexity index is 356. The summed E-state index contributed by atoms with van der Waals surface area (Å²) in [5.74, 6) is 0.634. The maximum absolute atomic E-state index is 11.7. The summed E-state index contributed by atoms with van der Waals surface area (Å²) in [7, 11) is -1.80. The first-order valence-electron chi connectivity index (χ1n) is 5.72. The van der Waals surface area contributed by atoms with Crippen molar-refractivity contribution in [2.75, 3.05) is 13.2 Å². The van der Waals surface area contributed by atoms with E-state index in [1.54, 1.807) is 0 Å². The van der Waals surface area contributed by atoms with Gasteiger partial charge in [0.25, 0.3) is 0 Å². The van der Waals surface area contributed by atoms with Crippen molar-refractivity contribution in [1.29, 1.82) is 0 Å². The Morgan fingerprint density at radius 1 is 1.22 bits per heavy atom. The van der Waals surface area contributed by atoms with Crippen LogP contribution in [0, 0.1) is 0 Å². The van der Waals surface area contributed by atoms with E-state index in [9.17, 15) is 4.79 Å². The van der Waals surface area contributed by atoms with E-state index >= 15 is 0 Å². The second-order valence-corrected chi connectivity index (χ2v) is 8.60. The maximum atomic E-state index is 11.7. The predicted molar refractivity (Wildman–Crippen MR) is 82.1 cm³/mol. The number of hydrogen-bond donors (Lipinski definition) is 1. The smallest absolute Gasteiger partial charge is 0.293 e. The lowest BCUT2D eigenvalue weighted by molar-refractivity contribution is 0.275. The molecule has 0 aliphatic heterocycles. The van der Waals surface area contributed by atoms with E-state index in [2.05, 4.69) is 12.6 Å². The Morgan fingerprint density at radius 3 is 2.22 bits per heavy atom. The minimum atomic E-state index is -1.19. The van der Waals surface area contributed by atoms with Gasteiger partial charge in [-0.15, -0.1) is 0 Å². The van der Waals surface area contributed by atoms with Crippen LogP contribution < -0.4 is 0 Å². The summed E-state index contributed by atoms with van der Waals surface area (Å²) in [5, 5.41) is 0. The molecule has 0 heterocycles. The third-order valence-corrected chi connectivity index (χ3v) is 7.99. The molecular weight excluding hydrogens is 287 g/mol. The first kappa shape index (κ1) is 16.0. The standard InChI is InChI=1S/C12H17O3PS2/c1-3-14-16(15-4-2)18(12(13)17)10-11-8-6-5-7-9-11/h5-9H,3-4,10H2,1-2H3/p+1. The van der Waals surface area contributed by atoms with Crippen LogP contribution in [0.1, 0.15) is 19.4 Å². The van der Waals surface area contributed by atoms with Crippen LogP contribution in [0.5, 0.6) is 0 Å². The number of hydrogen-bond acceptors (Lipinski definition) is 3. The van der Waals surface area contributed by atoms with Crippen molar-refractivity contribution >= 4 is 35.2 Å². The van der Waals surface area contributed by atoms with E-state index in [1.165, 1.54) is 0 Å². The van der Waals surface area contributed by atoms with Gasteiger partial charge in [-0.2, -0.15) is 0 Å². The van der Waals surface area contributed by atoms with Crippen LogP contribution in [0.25, 0.3) is 0 Å². The second kappa shape index (κ2) is 8.94. The highest BCUT2D eigenvalue weighted by Crippen LogP contribution is 2.49. The highest BCUT2D eigenvalue weighted by atomic mass is 32.8. The number of benzene rings is 1. The van der Waals surface area contributed by atoms with Crippen molar-refractivity contribution in [1.82, 2.24) is 0 Å². The summed E-state index contributed by atoms with van der Waals surface area (Å²) in [6.07, 6.45) is 0. The molecule has 0 amide bonds. The molecule has 1 rings (SSSR count). The van der Waals surface area contributed by atoms with Gasteiger partial charge in [-0.25, -0.2) is 4.79 Å². The van der Waals surface area contributed by atoms with Gasteiger partial charge in [-0.3, -0.25) is 9.05 Å². The van der Waals surface area contributed by atoms with Crippen molar-refractivity contribution in [3.8, 4) is 0 Å². The Labute approximate surface area is 118 Å². The van der Waals surface area contributed by atoms with Gasteiger partial charge < -0.3 is 0 Å². The van der Waals surface area contributed by atoms with Crippen molar-refractivity contribution in [3.63, 3.8) is 0 Å². The first-order valence-corrected chi connectivity index (χ1v) is 9.35. The Morgan fingerprint density at radius 2 is 1.78 bits per heavy atom. The number of carbonyl (C=O) groups excluding carboxylic acids is 1. The van der Waals surface area contributed by atoms with Crippen LogP contribution >= 0.6 is 20.2 Å². The summed E-state index contributed by atoms with van der Waals surface area (Å²) in [6.45, 7) is 4.90. The maximum Gasteiger partial charge on any atom is 0.437 e. The highest BCUT2D eigenvalue weighted by molar-refractivity contribution is 8.62. The lowest BCUT2D eigenvalue weighted by Crippen LogP contribution is -2.12. The molecule has 0 spiro atoms. The summed E-state index contributed by atoms with van der Waals surface area (Å²) in [6, 6.07) is 9.88. The van der Waals surface area contributed by atoms with Gasteiger partial charge in [-0.05, 0) is 26.5 Å². The van der Waals surface area contributed by atoms with E-state index in [0.717, 1.165) is 5.56 Å². The molecule has 1 aromatic rings. The van der Waals surface area contributed by atoms with Crippen LogP contribution in [0.4, 0.5) is 4.79 Å². The van der Waals surface area contributed by atoms with Gasteiger partial charge >= 0.3 is 12.0 Å². The summed E-state index contributed by atoms with van der Waals surface area (Å²) < 4.78 is 11.0. The van der Waals surface area contributed by atoms with Gasteiger partial charge in [0.2, 0.25) is 0 Å². The fraction of sp³-hybridized carbons (Fsp3) is 0.417. The third kappa shape index (κ3) is 5.29. The third-order valence-electron chi connectivity index (χ3n) is 2.00. The normalized spacial score (nSPS) is 12.7. The van der Waals surface area contributed by atoms with E-state index in [-0.39, 0.29) is 4.45 Å². The molecule has 0 saturated heterocycles. The zero-order valence-electron chi connectivity index (χ0n) is 10.5. The summed E-state index contributed by atoms with van der Waals surface area (Å²) >= 11 is 3.98. The van der Waals surface area contributed by atoms with E-state index < -0.39 is 18.1 Å². The summed E-state index contributed by atoms with van der Waals surface area (Å²) in [4.78, 5) is 11.7. The van der Waals surface area contributed by atoms with Gasteiger partial charge in [0.15, 0.2) is 10.5 Å². The lowest BCUT2D eigenvalue weighted by atomic mass is 10.2. The van der Waals surface area contributed by atoms with Crippen LogP contribution in [-0.2, 0) is 25.3 Å². The van der Waals surface area contributed by atoms with Crippen molar-refractivity contribution in [3.05, 3.63) is 35.9 Å². The Balaban J connectivity index is 2.77. The quantitative estimate of drug-likeness (QED) is 0.467. The van der Waals surface area contributed by atoms with E-state index in [0.29, 0.717) is 19.0 Å². The zero-order valence-corrected chi connectivity index (χ0v) is 13.1. The summed E-state index contributed by atoms with van der Waals surface area (Å²) in [5.41, 5.74) is 1.11. The molecule has 18 heavy (non-hydrogen) atoms. The second-order valence-electron chi connectivity index (χ2n) is 3.32. The van der Waals surface area contributed by atoms with Crippen LogP contribution in [-0.4, -0.2) is 17.7 Å². The van der Waals surface area contributed by atoms with Crippen LogP contribution in [0.15, 0.2) is 30.3 Å². The molecule has 100 valence electrons. The molecule has 0 radical (unpaired) electrons. The molecule has 0 fully saturated rings. The molecule has 0 aromatic heterocycles. The number of rotatable bonds is 7.